The predicted molar refractivity (Wildman–Crippen MR) is 114 cm³/mol. The van der Waals surface area contributed by atoms with Crippen molar-refractivity contribution in [2.75, 3.05) is 50.9 Å². The molecule has 2 heterocycles. The van der Waals surface area contributed by atoms with E-state index in [-0.39, 0.29) is 5.41 Å². The molecule has 0 spiro atoms. The second kappa shape index (κ2) is 9.50. The van der Waals surface area contributed by atoms with E-state index >= 15 is 0 Å². The molecule has 1 aromatic carbocycles. The van der Waals surface area contributed by atoms with Crippen molar-refractivity contribution in [3.8, 4) is 5.75 Å². The molecule has 1 N–H and O–H groups in total. The summed E-state index contributed by atoms with van der Waals surface area (Å²) in [7, 11) is 0. The van der Waals surface area contributed by atoms with Gasteiger partial charge in [0.1, 0.15) is 5.75 Å². The topological polar surface area (TPSA) is 37.0 Å². The van der Waals surface area contributed by atoms with Crippen molar-refractivity contribution in [2.45, 2.75) is 40.2 Å². The Hall–Kier alpha value is -0.950. The number of hydrogen-bond donors (Lipinski definition) is 1. The van der Waals surface area contributed by atoms with E-state index in [4.69, 9.17) is 9.47 Å². The number of rotatable bonds is 7. The van der Waals surface area contributed by atoms with Crippen LogP contribution in [0.2, 0.25) is 0 Å². The summed E-state index contributed by atoms with van der Waals surface area (Å²) >= 11 is 1.76. The summed E-state index contributed by atoms with van der Waals surface area (Å²) in [5.74, 6) is 1.58. The molecule has 2 saturated heterocycles. The Bertz CT molecular complexity index is 575. The summed E-state index contributed by atoms with van der Waals surface area (Å²) in [6.07, 6.45) is 1.25. The first kappa shape index (κ1) is 20.8. The summed E-state index contributed by atoms with van der Waals surface area (Å²) in [6.45, 7) is 15.7. The van der Waals surface area contributed by atoms with Crippen molar-refractivity contribution in [3.63, 3.8) is 0 Å². The van der Waals surface area contributed by atoms with Gasteiger partial charge in [-0.05, 0) is 55.9 Å². The fraction of sp³-hybridized carbons (Fsp3) is 0.714. The van der Waals surface area contributed by atoms with Gasteiger partial charge in [0, 0.05) is 50.0 Å². The number of nitrogens with one attached hydrogen (secondary N) is 1. The molecule has 2 fully saturated rings. The lowest BCUT2D eigenvalue weighted by Gasteiger charge is -2.49. The van der Waals surface area contributed by atoms with Crippen molar-refractivity contribution < 1.29 is 9.47 Å². The van der Waals surface area contributed by atoms with Crippen LogP contribution in [-0.2, 0) is 4.74 Å². The molecule has 0 radical (unpaired) electrons. The third-order valence-corrected chi connectivity index (χ3v) is 6.80. The molecule has 0 aromatic heterocycles. The molecule has 27 heavy (non-hydrogen) atoms. The molecule has 152 valence electrons. The Balaban J connectivity index is 1.59. The van der Waals surface area contributed by atoms with Crippen molar-refractivity contribution in [1.82, 2.24) is 9.03 Å². The lowest BCUT2D eigenvalue weighted by Crippen LogP contribution is -2.53. The number of anilines is 1. The highest BCUT2D eigenvalue weighted by atomic mass is 32.2. The van der Waals surface area contributed by atoms with Gasteiger partial charge in [0.2, 0.25) is 0 Å². The number of benzene rings is 1. The van der Waals surface area contributed by atoms with Gasteiger partial charge in [-0.15, -0.1) is 0 Å². The van der Waals surface area contributed by atoms with Gasteiger partial charge in [-0.1, -0.05) is 13.8 Å². The molecule has 0 aliphatic carbocycles. The van der Waals surface area contributed by atoms with E-state index in [0.29, 0.717) is 18.6 Å². The van der Waals surface area contributed by atoms with Crippen molar-refractivity contribution in [3.05, 3.63) is 24.3 Å². The zero-order valence-corrected chi connectivity index (χ0v) is 18.1. The fourth-order valence-electron chi connectivity index (χ4n) is 4.09. The van der Waals surface area contributed by atoms with Gasteiger partial charge >= 0.3 is 0 Å². The van der Waals surface area contributed by atoms with E-state index < -0.39 is 0 Å². The highest BCUT2D eigenvalue weighted by Crippen LogP contribution is 2.40. The van der Waals surface area contributed by atoms with Crippen LogP contribution in [-0.4, -0.2) is 56.3 Å². The van der Waals surface area contributed by atoms with E-state index in [1.54, 1.807) is 12.1 Å². The summed E-state index contributed by atoms with van der Waals surface area (Å²) in [4.78, 5) is 2.57. The third-order valence-electron chi connectivity index (χ3n) is 5.88. The van der Waals surface area contributed by atoms with Crippen LogP contribution in [0.25, 0.3) is 0 Å². The Morgan fingerprint density at radius 2 is 1.93 bits per heavy atom. The van der Waals surface area contributed by atoms with Gasteiger partial charge in [-0.3, -0.25) is 4.72 Å². The number of ether oxygens (including phenoxy) is 2. The summed E-state index contributed by atoms with van der Waals surface area (Å²) in [5.41, 5.74) is 1.58. The van der Waals surface area contributed by atoms with Crippen LogP contribution in [0.3, 0.4) is 0 Å². The molecule has 2 unspecified atom stereocenters. The first-order valence-electron chi connectivity index (χ1n) is 10.2. The van der Waals surface area contributed by atoms with Gasteiger partial charge in [-0.2, -0.15) is 0 Å². The molecular formula is C21H35N3O2S. The normalized spacial score (nSPS) is 26.1. The first-order chi connectivity index (χ1) is 13.0. The number of nitrogens with zero attached hydrogens (tertiary/aromatic N) is 2. The lowest BCUT2D eigenvalue weighted by atomic mass is 9.73. The van der Waals surface area contributed by atoms with Crippen LogP contribution in [0.4, 0.5) is 5.69 Å². The molecule has 0 saturated carbocycles. The van der Waals surface area contributed by atoms with E-state index in [0.717, 1.165) is 45.1 Å². The molecule has 2 atom stereocenters. The second-order valence-corrected chi connectivity index (χ2v) is 9.28. The van der Waals surface area contributed by atoms with Crippen LogP contribution >= 0.6 is 12.1 Å². The number of morpholine rings is 1. The van der Waals surface area contributed by atoms with Gasteiger partial charge in [0.05, 0.1) is 19.8 Å². The Morgan fingerprint density at radius 3 is 2.59 bits per heavy atom. The zero-order valence-electron chi connectivity index (χ0n) is 17.2. The van der Waals surface area contributed by atoms with Crippen molar-refractivity contribution in [2.24, 2.45) is 11.3 Å². The maximum absolute atomic E-state index is 5.60. The van der Waals surface area contributed by atoms with E-state index in [2.05, 4.69) is 59.0 Å². The second-order valence-electron chi connectivity index (χ2n) is 8.30. The third kappa shape index (κ3) is 5.53. The standard InChI is InChI=1S/C21H35N3O2S/c1-5-26-20-8-6-19(7-9-20)24-16-18(14-21(3,4)17(24)2)15-22-27-23-10-12-25-13-11-23/h6-9,17-18,22H,5,10-16H2,1-4H3. The van der Waals surface area contributed by atoms with Crippen LogP contribution in [0.1, 0.15) is 34.1 Å². The molecular weight excluding hydrogens is 358 g/mol. The van der Waals surface area contributed by atoms with Crippen molar-refractivity contribution in [1.29, 1.82) is 0 Å². The average Bonchev–Trinajstić information content (AvgIpc) is 2.66. The van der Waals surface area contributed by atoms with Crippen molar-refractivity contribution >= 4 is 17.8 Å². The molecule has 2 aliphatic heterocycles. The monoisotopic (exact) mass is 393 g/mol. The van der Waals surface area contributed by atoms with Gasteiger partial charge in [-0.25, -0.2) is 4.31 Å². The van der Waals surface area contributed by atoms with Crippen LogP contribution in [0, 0.1) is 11.3 Å². The molecule has 6 heteroatoms. The predicted octanol–water partition coefficient (Wildman–Crippen LogP) is 3.81. The van der Waals surface area contributed by atoms with E-state index in [1.807, 2.05) is 6.92 Å². The molecule has 2 aliphatic rings. The highest BCUT2D eigenvalue weighted by Gasteiger charge is 2.39. The molecule has 5 nitrogen and oxygen atoms in total. The Morgan fingerprint density at radius 1 is 1.22 bits per heavy atom. The zero-order chi connectivity index (χ0) is 19.3. The Kier molecular flexibility index (Phi) is 7.31. The maximum atomic E-state index is 5.60. The van der Waals surface area contributed by atoms with Crippen LogP contribution in [0.15, 0.2) is 24.3 Å². The smallest absolute Gasteiger partial charge is 0.119 e. The number of piperidine rings is 1. The molecule has 3 rings (SSSR count). The lowest BCUT2D eigenvalue weighted by molar-refractivity contribution is 0.0769. The molecule has 0 amide bonds. The first-order valence-corrected chi connectivity index (χ1v) is 11.0. The fourth-order valence-corrected chi connectivity index (χ4v) is 4.91. The average molecular weight is 394 g/mol. The van der Waals surface area contributed by atoms with E-state index in [9.17, 15) is 0 Å². The minimum Gasteiger partial charge on any atom is -0.494 e. The molecule has 1 aromatic rings. The summed E-state index contributed by atoms with van der Waals surface area (Å²) in [5, 5.41) is 0. The van der Waals surface area contributed by atoms with Gasteiger partial charge in [0.25, 0.3) is 0 Å². The quantitative estimate of drug-likeness (QED) is 0.710. The number of hydrogen-bond acceptors (Lipinski definition) is 6. The van der Waals surface area contributed by atoms with E-state index in [1.165, 1.54) is 12.1 Å². The van der Waals surface area contributed by atoms with Crippen LogP contribution in [0.5, 0.6) is 5.75 Å². The van der Waals surface area contributed by atoms with Crippen LogP contribution < -0.4 is 14.4 Å². The van der Waals surface area contributed by atoms with Gasteiger partial charge in [0.15, 0.2) is 0 Å². The summed E-state index contributed by atoms with van der Waals surface area (Å²) in [6, 6.07) is 9.10. The molecule has 0 bridgehead atoms. The van der Waals surface area contributed by atoms with Gasteiger partial charge < -0.3 is 14.4 Å². The minimum atomic E-state index is 0.285. The largest absolute Gasteiger partial charge is 0.494 e. The summed E-state index contributed by atoms with van der Waals surface area (Å²) < 4.78 is 17.0. The SMILES string of the molecule is CCOc1ccc(N2CC(CNSN3CCOCC3)CC(C)(C)C2C)cc1. The highest BCUT2D eigenvalue weighted by molar-refractivity contribution is 7.95. The maximum Gasteiger partial charge on any atom is 0.119 e. The minimum absolute atomic E-state index is 0.285. The Labute approximate surface area is 169 Å².